The van der Waals surface area contributed by atoms with Gasteiger partial charge in [-0.1, -0.05) is 12.1 Å². The van der Waals surface area contributed by atoms with Crippen LogP contribution in [0, 0.1) is 10.1 Å². The maximum atomic E-state index is 13.4. The van der Waals surface area contributed by atoms with Gasteiger partial charge in [0, 0.05) is 12.1 Å². The highest BCUT2D eigenvalue weighted by molar-refractivity contribution is 6.35. The van der Waals surface area contributed by atoms with Gasteiger partial charge in [-0.15, -0.1) is 0 Å². The van der Waals surface area contributed by atoms with Gasteiger partial charge in [-0.25, -0.2) is 9.69 Å². The molecule has 172 valence electrons. The van der Waals surface area contributed by atoms with Crippen LogP contribution < -0.4 is 4.90 Å². The molecule has 0 saturated heterocycles. The standard InChI is InChI=1S/C23H13F3N2O6/c24-23(25,26)18-3-1-2-4-19(18)27-20(29)16-10-7-14(11-17(16)21(27)30)22(31)34-12-13-5-8-15(9-6-13)28(32)33/h1-11H,12H2. The number of nitrogens with zero attached hydrogens (tertiary/aromatic N) is 2. The highest BCUT2D eigenvalue weighted by Crippen LogP contribution is 2.39. The number of alkyl halides is 3. The molecule has 1 aliphatic rings. The van der Waals surface area contributed by atoms with Crippen LogP contribution in [0.4, 0.5) is 24.5 Å². The van der Waals surface area contributed by atoms with Crippen molar-refractivity contribution in [2.24, 2.45) is 0 Å². The summed E-state index contributed by atoms with van der Waals surface area (Å²) in [4.78, 5) is 48.6. The zero-order valence-corrected chi connectivity index (χ0v) is 17.0. The van der Waals surface area contributed by atoms with Crippen molar-refractivity contribution in [2.45, 2.75) is 12.8 Å². The fourth-order valence-electron chi connectivity index (χ4n) is 3.44. The van der Waals surface area contributed by atoms with E-state index in [1.165, 1.54) is 42.5 Å². The molecule has 4 rings (SSSR count). The summed E-state index contributed by atoms with van der Waals surface area (Å²) in [6.45, 7) is -0.216. The van der Waals surface area contributed by atoms with Crippen molar-refractivity contribution in [1.82, 2.24) is 0 Å². The molecule has 0 spiro atoms. The Kier molecular flexibility index (Phi) is 5.61. The predicted octanol–water partition coefficient (Wildman–Crippen LogP) is 4.77. The molecular formula is C23H13F3N2O6. The molecule has 3 aromatic rings. The number of anilines is 1. The van der Waals surface area contributed by atoms with Gasteiger partial charge >= 0.3 is 12.1 Å². The first-order chi connectivity index (χ1) is 16.1. The Morgan fingerprint density at radius 2 is 1.59 bits per heavy atom. The first-order valence-corrected chi connectivity index (χ1v) is 9.67. The molecule has 1 heterocycles. The zero-order chi connectivity index (χ0) is 24.6. The predicted molar refractivity (Wildman–Crippen MR) is 111 cm³/mol. The number of hydrogen-bond donors (Lipinski definition) is 0. The molecule has 2 amide bonds. The molecule has 11 heteroatoms. The number of esters is 1. The number of nitro groups is 1. The van der Waals surface area contributed by atoms with E-state index in [2.05, 4.69) is 0 Å². The second-order valence-corrected chi connectivity index (χ2v) is 7.22. The monoisotopic (exact) mass is 470 g/mol. The summed E-state index contributed by atoms with van der Waals surface area (Å²) >= 11 is 0. The summed E-state index contributed by atoms with van der Waals surface area (Å²) in [7, 11) is 0. The number of non-ortho nitro benzene ring substituents is 1. The van der Waals surface area contributed by atoms with Crippen LogP contribution in [-0.2, 0) is 17.5 Å². The van der Waals surface area contributed by atoms with E-state index in [1.807, 2.05) is 0 Å². The van der Waals surface area contributed by atoms with Crippen molar-refractivity contribution < 1.29 is 37.2 Å². The van der Waals surface area contributed by atoms with Crippen molar-refractivity contribution in [1.29, 1.82) is 0 Å². The smallest absolute Gasteiger partial charge is 0.418 e. The molecule has 0 unspecified atom stereocenters. The molecular weight excluding hydrogens is 457 g/mol. The molecule has 0 aromatic heterocycles. The Labute approximate surface area is 189 Å². The van der Waals surface area contributed by atoms with E-state index in [9.17, 15) is 37.7 Å². The first kappa shape index (κ1) is 22.6. The van der Waals surface area contributed by atoms with Crippen LogP contribution in [0.3, 0.4) is 0 Å². The Balaban J connectivity index is 1.56. The number of fused-ring (bicyclic) bond motifs is 1. The average molecular weight is 470 g/mol. The molecule has 8 nitrogen and oxygen atoms in total. The van der Waals surface area contributed by atoms with E-state index in [4.69, 9.17) is 4.74 Å². The molecule has 0 bridgehead atoms. The number of halogens is 3. The van der Waals surface area contributed by atoms with Crippen LogP contribution in [0.15, 0.2) is 66.7 Å². The largest absolute Gasteiger partial charge is 0.457 e. The maximum Gasteiger partial charge on any atom is 0.418 e. The summed E-state index contributed by atoms with van der Waals surface area (Å²) < 4.78 is 45.3. The first-order valence-electron chi connectivity index (χ1n) is 9.67. The van der Waals surface area contributed by atoms with E-state index < -0.39 is 40.1 Å². The molecule has 0 aliphatic carbocycles. The third kappa shape index (κ3) is 4.10. The van der Waals surface area contributed by atoms with Crippen LogP contribution in [0.5, 0.6) is 0 Å². The minimum atomic E-state index is -4.79. The van der Waals surface area contributed by atoms with Gasteiger partial charge < -0.3 is 4.74 Å². The number of carbonyl (C=O) groups is 3. The van der Waals surface area contributed by atoms with E-state index >= 15 is 0 Å². The van der Waals surface area contributed by atoms with Crippen molar-refractivity contribution in [2.75, 3.05) is 4.90 Å². The van der Waals surface area contributed by atoms with Crippen molar-refractivity contribution in [3.05, 3.63) is 105 Å². The lowest BCUT2D eigenvalue weighted by molar-refractivity contribution is -0.384. The van der Waals surface area contributed by atoms with Crippen LogP contribution >= 0.6 is 0 Å². The molecule has 0 radical (unpaired) electrons. The number of para-hydroxylation sites is 1. The van der Waals surface area contributed by atoms with Crippen LogP contribution in [0.25, 0.3) is 0 Å². The quantitative estimate of drug-likeness (QED) is 0.230. The van der Waals surface area contributed by atoms with Crippen LogP contribution in [-0.4, -0.2) is 22.7 Å². The summed E-state index contributed by atoms with van der Waals surface area (Å²) in [6.07, 6.45) is -4.79. The number of benzene rings is 3. The Bertz CT molecular complexity index is 1340. The second-order valence-electron chi connectivity index (χ2n) is 7.22. The minimum absolute atomic E-state index is 0.0900. The van der Waals surface area contributed by atoms with Gasteiger partial charge in [-0.05, 0) is 48.0 Å². The average Bonchev–Trinajstić information content (AvgIpc) is 3.06. The molecule has 0 fully saturated rings. The number of rotatable bonds is 5. The van der Waals surface area contributed by atoms with E-state index in [1.54, 1.807) is 0 Å². The fourth-order valence-corrected chi connectivity index (χ4v) is 3.44. The van der Waals surface area contributed by atoms with Crippen LogP contribution in [0.2, 0.25) is 0 Å². The molecule has 1 aliphatic heterocycles. The van der Waals surface area contributed by atoms with E-state index in [0.717, 1.165) is 24.3 Å². The van der Waals surface area contributed by atoms with Crippen LogP contribution in [0.1, 0.15) is 42.2 Å². The molecule has 0 atom stereocenters. The van der Waals surface area contributed by atoms with Gasteiger partial charge in [0.15, 0.2) is 0 Å². The molecule has 3 aromatic carbocycles. The normalized spacial score (nSPS) is 13.1. The Morgan fingerprint density at radius 1 is 0.941 bits per heavy atom. The van der Waals surface area contributed by atoms with Gasteiger partial charge in [-0.3, -0.25) is 19.7 Å². The number of carbonyl (C=O) groups excluding carboxylic acids is 3. The third-order valence-electron chi connectivity index (χ3n) is 5.09. The van der Waals surface area contributed by atoms with E-state index in [-0.39, 0.29) is 29.0 Å². The molecule has 0 saturated carbocycles. The number of nitro benzene ring substituents is 1. The Hall–Kier alpha value is -4.54. The minimum Gasteiger partial charge on any atom is -0.457 e. The van der Waals surface area contributed by atoms with E-state index in [0.29, 0.717) is 10.5 Å². The van der Waals surface area contributed by atoms with Crippen molar-refractivity contribution >= 4 is 29.2 Å². The van der Waals surface area contributed by atoms with Gasteiger partial charge in [0.2, 0.25) is 0 Å². The maximum absolute atomic E-state index is 13.4. The summed E-state index contributed by atoms with van der Waals surface area (Å²) in [6, 6.07) is 13.0. The van der Waals surface area contributed by atoms with Gasteiger partial charge in [0.25, 0.3) is 17.5 Å². The van der Waals surface area contributed by atoms with Gasteiger partial charge in [0.05, 0.1) is 32.9 Å². The SMILES string of the molecule is O=C(OCc1ccc([N+](=O)[O-])cc1)c1ccc2c(c1)C(=O)N(c1ccccc1C(F)(F)F)C2=O. The molecule has 0 N–H and O–H groups in total. The summed E-state index contributed by atoms with van der Waals surface area (Å²) in [5.74, 6) is -2.79. The number of ether oxygens (including phenoxy) is 1. The highest BCUT2D eigenvalue weighted by atomic mass is 19.4. The topological polar surface area (TPSA) is 107 Å². The summed E-state index contributed by atoms with van der Waals surface area (Å²) in [5, 5.41) is 10.7. The van der Waals surface area contributed by atoms with Crippen molar-refractivity contribution in [3.63, 3.8) is 0 Å². The summed E-state index contributed by atoms with van der Waals surface area (Å²) in [5.41, 5.74) is -1.88. The fraction of sp³-hybridized carbons (Fsp3) is 0.0870. The van der Waals surface area contributed by atoms with Crippen molar-refractivity contribution in [3.8, 4) is 0 Å². The second kappa shape index (κ2) is 8.43. The molecule has 34 heavy (non-hydrogen) atoms. The number of imide groups is 1. The Morgan fingerprint density at radius 3 is 2.24 bits per heavy atom. The highest BCUT2D eigenvalue weighted by Gasteiger charge is 2.42. The lowest BCUT2D eigenvalue weighted by Gasteiger charge is -2.19. The van der Waals surface area contributed by atoms with Gasteiger partial charge in [-0.2, -0.15) is 13.2 Å². The number of hydrogen-bond acceptors (Lipinski definition) is 6. The number of amides is 2. The third-order valence-corrected chi connectivity index (χ3v) is 5.09. The zero-order valence-electron chi connectivity index (χ0n) is 17.0. The lowest BCUT2D eigenvalue weighted by atomic mass is 10.1. The lowest BCUT2D eigenvalue weighted by Crippen LogP contribution is -2.31. The van der Waals surface area contributed by atoms with Gasteiger partial charge in [0.1, 0.15) is 6.61 Å².